The third-order valence-electron chi connectivity index (χ3n) is 8.99. The second kappa shape index (κ2) is 13.8. The molecule has 3 aromatic carbocycles. The Morgan fingerprint density at radius 1 is 0.978 bits per heavy atom. The molecule has 3 heterocycles. The average molecular weight is 628 g/mol. The van der Waals surface area contributed by atoms with Crippen molar-refractivity contribution in [2.45, 2.75) is 50.5 Å². The van der Waals surface area contributed by atoms with Crippen LogP contribution < -0.4 is 5.32 Å². The highest BCUT2D eigenvalue weighted by Crippen LogP contribution is 2.43. The Morgan fingerprint density at radius 3 is 2.31 bits per heavy atom. The van der Waals surface area contributed by atoms with Gasteiger partial charge in [-0.25, -0.2) is 0 Å². The Morgan fingerprint density at radius 2 is 1.67 bits per heavy atom. The van der Waals surface area contributed by atoms with Gasteiger partial charge in [-0.1, -0.05) is 67.1 Å². The molecule has 2 saturated heterocycles. The molecule has 4 atom stereocenters. The normalized spacial score (nSPS) is 23.4. The Labute approximate surface area is 268 Å². The van der Waals surface area contributed by atoms with Gasteiger partial charge in [-0.2, -0.15) is 0 Å². The summed E-state index contributed by atoms with van der Waals surface area (Å²) in [6.07, 6.45) is 3.41. The number of pyridine rings is 1. The number of halogens is 1. The second-order valence-corrected chi connectivity index (χ2v) is 12.4. The number of carbonyl (C=O) groups is 1. The van der Waals surface area contributed by atoms with E-state index in [1.807, 2.05) is 72.8 Å². The van der Waals surface area contributed by atoms with Gasteiger partial charge in [-0.15, -0.1) is 0 Å². The molecule has 1 aromatic heterocycles. The van der Waals surface area contributed by atoms with E-state index in [-0.39, 0.29) is 30.6 Å². The fraction of sp³-hybridized carbons (Fsp3) is 0.333. The first-order valence-electron chi connectivity index (χ1n) is 15.3. The number of piperidine rings is 1. The molecule has 9 heteroatoms. The summed E-state index contributed by atoms with van der Waals surface area (Å²) in [4.78, 5) is 19.0. The molecule has 2 aliphatic heterocycles. The highest BCUT2D eigenvalue weighted by molar-refractivity contribution is 6.30. The summed E-state index contributed by atoms with van der Waals surface area (Å²) in [5.41, 5.74) is 3.87. The third-order valence-corrected chi connectivity index (χ3v) is 9.24. The molecule has 2 aliphatic rings. The van der Waals surface area contributed by atoms with Crippen molar-refractivity contribution < 1.29 is 24.5 Å². The molecule has 2 fully saturated rings. The smallest absolute Gasteiger partial charge is 0.257 e. The number of carbonyl (C=O) groups excluding carboxylic acids is 1. The molecule has 0 spiro atoms. The summed E-state index contributed by atoms with van der Waals surface area (Å²) >= 11 is 6.08. The minimum atomic E-state index is -0.878. The van der Waals surface area contributed by atoms with Crippen molar-refractivity contribution in [1.29, 1.82) is 0 Å². The quantitative estimate of drug-likeness (QED) is 0.212. The molecular weight excluding hydrogens is 590 g/mol. The van der Waals surface area contributed by atoms with Crippen LogP contribution in [0.15, 0.2) is 97.3 Å². The van der Waals surface area contributed by atoms with Crippen molar-refractivity contribution in [3.8, 4) is 0 Å². The van der Waals surface area contributed by atoms with Crippen molar-refractivity contribution in [2.24, 2.45) is 5.92 Å². The zero-order valence-electron chi connectivity index (χ0n) is 25.2. The molecule has 1 amide bonds. The van der Waals surface area contributed by atoms with Crippen LogP contribution in [-0.4, -0.2) is 51.7 Å². The fourth-order valence-electron chi connectivity index (χ4n) is 6.16. The first-order valence-corrected chi connectivity index (χ1v) is 15.7. The number of hydrogen-bond acceptors (Lipinski definition) is 7. The lowest BCUT2D eigenvalue weighted by Gasteiger charge is -2.45. The van der Waals surface area contributed by atoms with E-state index in [0.29, 0.717) is 35.7 Å². The van der Waals surface area contributed by atoms with Gasteiger partial charge in [0.2, 0.25) is 0 Å². The maximum Gasteiger partial charge on any atom is 0.257 e. The van der Waals surface area contributed by atoms with Crippen LogP contribution in [0.25, 0.3) is 0 Å². The van der Waals surface area contributed by atoms with Crippen LogP contribution >= 0.6 is 11.6 Å². The zero-order valence-corrected chi connectivity index (χ0v) is 25.9. The number of hydrogen-bond donors (Lipinski definition) is 3. The molecule has 0 bridgehead atoms. The maximum atomic E-state index is 12.6. The van der Waals surface area contributed by atoms with Crippen molar-refractivity contribution >= 4 is 23.2 Å². The number of nitrogens with one attached hydrogen (secondary N) is 1. The Kier molecular flexibility index (Phi) is 9.61. The van der Waals surface area contributed by atoms with Crippen molar-refractivity contribution in [3.05, 3.63) is 130 Å². The highest BCUT2D eigenvalue weighted by Gasteiger charge is 2.41. The van der Waals surface area contributed by atoms with Gasteiger partial charge in [0.15, 0.2) is 6.29 Å². The first-order chi connectivity index (χ1) is 21.8. The number of aliphatic hydroxyl groups is 2. The van der Waals surface area contributed by atoms with Gasteiger partial charge in [-0.3, -0.25) is 9.78 Å². The fourth-order valence-corrected chi connectivity index (χ4v) is 6.29. The van der Waals surface area contributed by atoms with E-state index in [4.69, 9.17) is 21.1 Å². The van der Waals surface area contributed by atoms with Gasteiger partial charge < -0.3 is 29.9 Å². The average Bonchev–Trinajstić information content (AvgIpc) is 3.08. The largest absolute Gasteiger partial charge is 0.392 e. The number of rotatable bonds is 8. The van der Waals surface area contributed by atoms with Gasteiger partial charge in [-0.05, 0) is 65.9 Å². The molecule has 8 nitrogen and oxygen atoms in total. The molecule has 4 unspecified atom stereocenters. The van der Waals surface area contributed by atoms with E-state index in [1.165, 1.54) is 6.20 Å². The Hall–Kier alpha value is -3.63. The van der Waals surface area contributed by atoms with E-state index in [0.717, 1.165) is 35.3 Å². The molecule has 3 N–H and O–H groups in total. The summed E-state index contributed by atoms with van der Waals surface area (Å²) in [6, 6.07) is 26.3. The molecule has 0 aliphatic carbocycles. The standard InChI is InChI=1S/C36H38ClN3O5/c1-24-32(22-40-19-16-36(43,17-20-40)29-10-12-30(37)13-11-29)44-35(45-33(24)26-6-4-25(23-41)5-7-26)27-8-14-31(15-9-27)39-34(42)28-3-2-18-38-21-28/h2-15,18,21,24,32-33,35,41,43H,16-17,19-20,22-23H2,1H3,(H,39,42). The topological polar surface area (TPSA) is 104 Å². The summed E-state index contributed by atoms with van der Waals surface area (Å²) in [6.45, 7) is 4.30. The summed E-state index contributed by atoms with van der Waals surface area (Å²) < 4.78 is 13.3. The van der Waals surface area contributed by atoms with E-state index < -0.39 is 11.9 Å². The van der Waals surface area contributed by atoms with Gasteiger partial charge in [0.05, 0.1) is 30.0 Å². The zero-order chi connectivity index (χ0) is 31.4. The number of nitrogens with zero attached hydrogens (tertiary/aromatic N) is 2. The van der Waals surface area contributed by atoms with Crippen LogP contribution in [0.5, 0.6) is 0 Å². The molecule has 4 aromatic rings. The number of benzene rings is 3. The first kappa shape index (κ1) is 31.4. The van der Waals surface area contributed by atoms with E-state index in [2.05, 4.69) is 22.1 Å². The molecular formula is C36H38ClN3O5. The number of ether oxygens (including phenoxy) is 2. The Balaban J connectivity index is 1.17. The van der Waals surface area contributed by atoms with Crippen molar-refractivity contribution in [3.63, 3.8) is 0 Å². The number of aliphatic hydroxyl groups excluding tert-OH is 1. The number of amides is 1. The minimum absolute atomic E-state index is 0.0171. The lowest BCUT2D eigenvalue weighted by atomic mass is 9.84. The summed E-state index contributed by atoms with van der Waals surface area (Å²) in [7, 11) is 0. The van der Waals surface area contributed by atoms with Crippen LogP contribution in [0.3, 0.4) is 0 Å². The number of likely N-dealkylation sites (tertiary alicyclic amines) is 1. The minimum Gasteiger partial charge on any atom is -0.392 e. The van der Waals surface area contributed by atoms with E-state index in [1.54, 1.807) is 18.3 Å². The molecule has 234 valence electrons. The molecule has 6 rings (SSSR count). The van der Waals surface area contributed by atoms with Crippen LogP contribution in [0.4, 0.5) is 5.69 Å². The second-order valence-electron chi connectivity index (χ2n) is 12.0. The lowest BCUT2D eigenvalue weighted by Crippen LogP contribution is -2.49. The predicted octanol–water partition coefficient (Wildman–Crippen LogP) is 6.25. The maximum absolute atomic E-state index is 12.6. The van der Waals surface area contributed by atoms with Crippen LogP contribution in [0.1, 0.15) is 64.8 Å². The number of aromatic nitrogens is 1. The van der Waals surface area contributed by atoms with Gasteiger partial charge in [0.1, 0.15) is 0 Å². The highest BCUT2D eigenvalue weighted by atomic mass is 35.5. The monoisotopic (exact) mass is 627 g/mol. The van der Waals surface area contributed by atoms with E-state index >= 15 is 0 Å². The number of anilines is 1. The SMILES string of the molecule is CC1C(CN2CCC(O)(c3ccc(Cl)cc3)CC2)OC(c2ccc(NC(=O)c3cccnc3)cc2)OC1c1ccc(CO)cc1. The lowest BCUT2D eigenvalue weighted by molar-refractivity contribution is -0.277. The summed E-state index contributed by atoms with van der Waals surface area (Å²) in [5, 5.41) is 24.5. The van der Waals surface area contributed by atoms with Crippen molar-refractivity contribution in [1.82, 2.24) is 9.88 Å². The predicted molar refractivity (Wildman–Crippen MR) is 173 cm³/mol. The van der Waals surface area contributed by atoms with Crippen LogP contribution in [0.2, 0.25) is 5.02 Å². The van der Waals surface area contributed by atoms with Crippen LogP contribution in [0, 0.1) is 5.92 Å². The third kappa shape index (κ3) is 7.28. The molecule has 45 heavy (non-hydrogen) atoms. The van der Waals surface area contributed by atoms with Crippen LogP contribution in [-0.2, 0) is 21.7 Å². The Bertz CT molecular complexity index is 1560. The van der Waals surface area contributed by atoms with Crippen molar-refractivity contribution in [2.75, 3.05) is 25.0 Å². The van der Waals surface area contributed by atoms with Gasteiger partial charge >= 0.3 is 0 Å². The van der Waals surface area contributed by atoms with Gasteiger partial charge in [0, 0.05) is 54.2 Å². The molecule has 0 saturated carbocycles. The van der Waals surface area contributed by atoms with E-state index in [9.17, 15) is 15.0 Å². The summed E-state index contributed by atoms with van der Waals surface area (Å²) in [5.74, 6) is -0.192. The molecule has 0 radical (unpaired) electrons. The van der Waals surface area contributed by atoms with Gasteiger partial charge in [0.25, 0.3) is 5.91 Å².